The second kappa shape index (κ2) is 6.20. The summed E-state index contributed by atoms with van der Waals surface area (Å²) in [5, 5.41) is 3.61. The Bertz CT molecular complexity index is 138. The summed E-state index contributed by atoms with van der Waals surface area (Å²) in [7, 11) is 0. The van der Waals surface area contributed by atoms with Crippen LogP contribution < -0.4 is 16.6 Å². The molecule has 0 rings (SSSR count). The number of hydrazine groups is 1. The van der Waals surface area contributed by atoms with Crippen LogP contribution in [-0.4, -0.2) is 11.2 Å². The van der Waals surface area contributed by atoms with Crippen LogP contribution in [0.2, 0.25) is 0 Å². The molecule has 4 N–H and O–H groups in total. The summed E-state index contributed by atoms with van der Waals surface area (Å²) in [6, 6.07) is 0.392. The Hall–Kier alpha value is -0.350. The van der Waals surface area contributed by atoms with Gasteiger partial charge in [-0.2, -0.15) is 0 Å². The van der Waals surface area contributed by atoms with Gasteiger partial charge in [0.1, 0.15) is 0 Å². The number of nitrogens with one attached hydrogen (secondary N) is 2. The van der Waals surface area contributed by atoms with E-state index in [0.29, 0.717) is 11.2 Å². The summed E-state index contributed by atoms with van der Waals surface area (Å²) in [6.07, 6.45) is 2.33. The first-order valence-corrected chi connectivity index (χ1v) is 4.78. The van der Waals surface area contributed by atoms with E-state index in [4.69, 9.17) is 18.1 Å². The SMILES string of the molecule is CCC(C)CC(C)NC(=S)NN. The molecular formula is C8H19N3S. The van der Waals surface area contributed by atoms with Gasteiger partial charge in [-0.15, -0.1) is 0 Å². The molecule has 0 bridgehead atoms. The lowest BCUT2D eigenvalue weighted by molar-refractivity contribution is 0.447. The third-order valence-electron chi connectivity index (χ3n) is 1.96. The van der Waals surface area contributed by atoms with Gasteiger partial charge in [0.05, 0.1) is 0 Å². The Labute approximate surface area is 80.1 Å². The molecule has 0 aromatic rings. The molecule has 0 aliphatic heterocycles. The highest BCUT2D eigenvalue weighted by Gasteiger charge is 2.06. The molecule has 0 amide bonds. The van der Waals surface area contributed by atoms with Crippen LogP contribution in [0.5, 0.6) is 0 Å². The van der Waals surface area contributed by atoms with Gasteiger partial charge >= 0.3 is 0 Å². The minimum atomic E-state index is 0.392. The summed E-state index contributed by atoms with van der Waals surface area (Å²) in [6.45, 7) is 6.53. The van der Waals surface area contributed by atoms with E-state index in [1.54, 1.807) is 0 Å². The third-order valence-corrected chi connectivity index (χ3v) is 2.20. The van der Waals surface area contributed by atoms with Gasteiger partial charge in [-0.1, -0.05) is 20.3 Å². The summed E-state index contributed by atoms with van der Waals surface area (Å²) < 4.78 is 0. The van der Waals surface area contributed by atoms with Crippen LogP contribution in [0, 0.1) is 5.92 Å². The van der Waals surface area contributed by atoms with Crippen molar-refractivity contribution in [2.75, 3.05) is 0 Å². The van der Waals surface area contributed by atoms with Crippen molar-refractivity contribution >= 4 is 17.3 Å². The predicted molar refractivity (Wildman–Crippen MR) is 56.6 cm³/mol. The quantitative estimate of drug-likeness (QED) is 0.353. The Kier molecular flexibility index (Phi) is 6.02. The molecule has 0 heterocycles. The lowest BCUT2D eigenvalue weighted by Gasteiger charge is -2.18. The highest BCUT2D eigenvalue weighted by atomic mass is 32.1. The first kappa shape index (κ1) is 11.6. The normalized spacial score (nSPS) is 15.0. The zero-order valence-electron chi connectivity index (χ0n) is 8.05. The monoisotopic (exact) mass is 189 g/mol. The van der Waals surface area contributed by atoms with E-state index in [9.17, 15) is 0 Å². The van der Waals surface area contributed by atoms with Gasteiger partial charge in [0, 0.05) is 6.04 Å². The smallest absolute Gasteiger partial charge is 0.180 e. The van der Waals surface area contributed by atoms with E-state index in [-0.39, 0.29) is 0 Å². The van der Waals surface area contributed by atoms with E-state index < -0.39 is 0 Å². The van der Waals surface area contributed by atoms with Gasteiger partial charge in [-0.05, 0) is 31.5 Å². The van der Waals surface area contributed by atoms with Crippen molar-refractivity contribution in [3.05, 3.63) is 0 Å². The number of rotatable bonds is 4. The summed E-state index contributed by atoms with van der Waals surface area (Å²) in [4.78, 5) is 0. The topological polar surface area (TPSA) is 50.1 Å². The molecule has 0 aliphatic carbocycles. The third kappa shape index (κ3) is 5.32. The standard InChI is InChI=1S/C8H19N3S/c1-4-6(2)5-7(3)10-8(12)11-9/h6-7H,4-5,9H2,1-3H3,(H2,10,11,12). The van der Waals surface area contributed by atoms with Crippen molar-refractivity contribution < 1.29 is 0 Å². The Morgan fingerprint density at radius 1 is 1.50 bits per heavy atom. The van der Waals surface area contributed by atoms with Crippen molar-refractivity contribution in [1.29, 1.82) is 0 Å². The molecule has 0 aromatic heterocycles. The second-order valence-corrected chi connectivity index (χ2v) is 3.68. The maximum atomic E-state index is 5.13. The highest BCUT2D eigenvalue weighted by molar-refractivity contribution is 7.80. The van der Waals surface area contributed by atoms with E-state index in [1.165, 1.54) is 6.42 Å². The van der Waals surface area contributed by atoms with Crippen LogP contribution in [-0.2, 0) is 0 Å². The van der Waals surface area contributed by atoms with Gasteiger partial charge in [0.2, 0.25) is 0 Å². The molecule has 2 atom stereocenters. The van der Waals surface area contributed by atoms with Gasteiger partial charge < -0.3 is 10.7 Å². The number of hydrogen-bond donors (Lipinski definition) is 3. The van der Waals surface area contributed by atoms with Crippen LogP contribution in [0.15, 0.2) is 0 Å². The molecule has 0 fully saturated rings. The molecule has 2 unspecified atom stereocenters. The molecule has 0 aromatic carbocycles. The van der Waals surface area contributed by atoms with Gasteiger partial charge in [0.25, 0.3) is 0 Å². The summed E-state index contributed by atoms with van der Waals surface area (Å²) in [5.74, 6) is 5.86. The first-order valence-electron chi connectivity index (χ1n) is 4.37. The van der Waals surface area contributed by atoms with Crippen molar-refractivity contribution in [3.8, 4) is 0 Å². The molecule has 0 spiro atoms. The molecule has 3 nitrogen and oxygen atoms in total. The maximum Gasteiger partial charge on any atom is 0.180 e. The number of nitrogens with two attached hydrogens (primary N) is 1. The Morgan fingerprint density at radius 2 is 2.08 bits per heavy atom. The molecule has 0 saturated heterocycles. The minimum absolute atomic E-state index is 0.392. The lowest BCUT2D eigenvalue weighted by atomic mass is 10.0. The second-order valence-electron chi connectivity index (χ2n) is 3.27. The Balaban J connectivity index is 3.58. The first-order chi connectivity index (χ1) is 5.60. The molecule has 0 radical (unpaired) electrons. The van der Waals surface area contributed by atoms with Crippen LogP contribution >= 0.6 is 12.2 Å². The van der Waals surface area contributed by atoms with E-state index in [0.717, 1.165) is 12.3 Å². The van der Waals surface area contributed by atoms with E-state index in [1.807, 2.05) is 0 Å². The zero-order valence-corrected chi connectivity index (χ0v) is 8.87. The number of thiocarbonyl (C=S) groups is 1. The minimum Gasteiger partial charge on any atom is -0.359 e. The summed E-state index contributed by atoms with van der Waals surface area (Å²) in [5.41, 5.74) is 2.41. The van der Waals surface area contributed by atoms with Crippen LogP contribution in [0.3, 0.4) is 0 Å². The number of hydrogen-bond acceptors (Lipinski definition) is 2. The van der Waals surface area contributed by atoms with E-state index in [2.05, 4.69) is 31.5 Å². The average molecular weight is 189 g/mol. The predicted octanol–water partition coefficient (Wildman–Crippen LogP) is 1.15. The fourth-order valence-electron chi connectivity index (χ4n) is 1.09. The lowest BCUT2D eigenvalue weighted by Crippen LogP contribution is -2.44. The van der Waals surface area contributed by atoms with Crippen molar-refractivity contribution in [2.45, 2.75) is 39.7 Å². The fraction of sp³-hybridized carbons (Fsp3) is 0.875. The van der Waals surface area contributed by atoms with E-state index >= 15 is 0 Å². The average Bonchev–Trinajstić information content (AvgIpc) is 2.03. The fourth-order valence-corrected chi connectivity index (χ4v) is 1.30. The molecule has 4 heteroatoms. The molecule has 12 heavy (non-hydrogen) atoms. The molecular weight excluding hydrogens is 170 g/mol. The molecule has 0 aliphatic rings. The highest BCUT2D eigenvalue weighted by Crippen LogP contribution is 2.08. The Morgan fingerprint density at radius 3 is 2.50 bits per heavy atom. The molecule has 0 saturated carbocycles. The molecule has 72 valence electrons. The summed E-state index contributed by atoms with van der Waals surface area (Å²) >= 11 is 4.87. The van der Waals surface area contributed by atoms with Crippen LogP contribution in [0.4, 0.5) is 0 Å². The van der Waals surface area contributed by atoms with Crippen LogP contribution in [0.1, 0.15) is 33.6 Å². The van der Waals surface area contributed by atoms with Crippen LogP contribution in [0.25, 0.3) is 0 Å². The maximum absolute atomic E-state index is 5.13. The van der Waals surface area contributed by atoms with Crippen molar-refractivity contribution in [1.82, 2.24) is 10.7 Å². The largest absolute Gasteiger partial charge is 0.359 e. The van der Waals surface area contributed by atoms with Gasteiger partial charge in [-0.25, -0.2) is 5.84 Å². The van der Waals surface area contributed by atoms with Crippen molar-refractivity contribution in [2.24, 2.45) is 11.8 Å². The van der Waals surface area contributed by atoms with Gasteiger partial charge in [0.15, 0.2) is 5.11 Å². The van der Waals surface area contributed by atoms with Gasteiger partial charge in [-0.3, -0.25) is 0 Å². The zero-order chi connectivity index (χ0) is 9.56. The van der Waals surface area contributed by atoms with Crippen molar-refractivity contribution in [3.63, 3.8) is 0 Å².